The minimum Gasteiger partial charge on any atom is -0.444 e. The second-order valence-corrected chi connectivity index (χ2v) is 14.9. The van der Waals surface area contributed by atoms with Crippen LogP contribution in [-0.4, -0.2) is 69.2 Å². The molecule has 0 aliphatic carbocycles. The third-order valence-corrected chi connectivity index (χ3v) is 10.1. The molecule has 30 heavy (non-hydrogen) atoms. The van der Waals surface area contributed by atoms with Crippen LogP contribution in [-0.2, 0) is 18.8 Å². The van der Waals surface area contributed by atoms with Gasteiger partial charge in [-0.2, -0.15) is 0 Å². The van der Waals surface area contributed by atoms with Crippen LogP contribution in [0.4, 0.5) is 4.79 Å². The summed E-state index contributed by atoms with van der Waals surface area (Å²) in [6.45, 7) is 20.7. The monoisotopic (exact) mass is 444 g/mol. The molecule has 0 aromatic carbocycles. The minimum atomic E-state index is -1.87. The number of hydrogen-bond donors (Lipinski definition) is 0. The Morgan fingerprint density at radius 1 is 1.10 bits per heavy atom. The first-order chi connectivity index (χ1) is 13.5. The van der Waals surface area contributed by atoms with Gasteiger partial charge in [-0.25, -0.2) is 9.86 Å². The van der Waals surface area contributed by atoms with E-state index in [9.17, 15) is 9.59 Å². The summed E-state index contributed by atoms with van der Waals surface area (Å²) in [5, 5.41) is 1.23. The smallest absolute Gasteiger partial charge is 0.411 e. The predicted octanol–water partition coefficient (Wildman–Crippen LogP) is 4.99. The maximum Gasteiger partial charge on any atom is 0.411 e. The van der Waals surface area contributed by atoms with Gasteiger partial charge >= 0.3 is 6.09 Å². The Kier molecular flexibility index (Phi) is 10.8. The van der Waals surface area contributed by atoms with E-state index in [4.69, 9.17) is 14.0 Å². The molecule has 0 saturated carbocycles. The molecule has 0 heterocycles. The molecule has 0 N–H and O–H groups in total. The highest BCUT2D eigenvalue weighted by Crippen LogP contribution is 2.36. The van der Waals surface area contributed by atoms with Crippen LogP contribution in [0.5, 0.6) is 0 Å². The van der Waals surface area contributed by atoms with Crippen LogP contribution in [0.2, 0.25) is 18.1 Å². The number of hydroxylamine groups is 2. The molecule has 1 unspecified atom stereocenters. The van der Waals surface area contributed by atoms with Gasteiger partial charge < -0.3 is 9.16 Å². The number of carbonyl (C=O) groups excluding carboxylic acids is 2. The zero-order chi connectivity index (χ0) is 23.9. The van der Waals surface area contributed by atoms with Crippen molar-refractivity contribution in [3.8, 4) is 0 Å². The molecule has 7 nitrogen and oxygen atoms in total. The third kappa shape index (κ3) is 9.18. The predicted molar refractivity (Wildman–Crippen MR) is 124 cm³/mol. The zero-order valence-corrected chi connectivity index (χ0v) is 22.2. The Labute approximate surface area is 184 Å². The number of likely N-dealkylation sites (N-methyl/N-ethyl adjacent to an activating group) is 1. The van der Waals surface area contributed by atoms with Gasteiger partial charge in [-0.15, -0.1) is 0 Å². The van der Waals surface area contributed by atoms with Gasteiger partial charge in [0, 0.05) is 7.05 Å². The van der Waals surface area contributed by atoms with Gasteiger partial charge in [-0.05, 0) is 57.8 Å². The molecular weight excluding hydrogens is 400 g/mol. The number of nitrogens with zero attached hydrogens (tertiary/aromatic N) is 2. The Morgan fingerprint density at radius 3 is 2.03 bits per heavy atom. The maximum absolute atomic E-state index is 12.9. The summed E-state index contributed by atoms with van der Waals surface area (Å²) >= 11 is 0. The first kappa shape index (κ1) is 28.6. The molecule has 0 aliphatic heterocycles. The van der Waals surface area contributed by atoms with Crippen molar-refractivity contribution in [2.45, 2.75) is 91.6 Å². The van der Waals surface area contributed by atoms with E-state index < -0.39 is 20.0 Å². The van der Waals surface area contributed by atoms with Crippen LogP contribution in [0, 0.1) is 0 Å². The van der Waals surface area contributed by atoms with Gasteiger partial charge in [0.2, 0.25) is 0 Å². The minimum absolute atomic E-state index is 0.124. The SMILES string of the molecule is CCC(=CCO[Si](C)(C)C(C)(C)C)C(C)N(CC(=O)N(C)OC)C(=O)OC(C)(C)C. The highest BCUT2D eigenvalue weighted by molar-refractivity contribution is 6.74. The Morgan fingerprint density at radius 2 is 1.63 bits per heavy atom. The molecule has 0 radical (unpaired) electrons. The summed E-state index contributed by atoms with van der Waals surface area (Å²) in [6.07, 6.45) is 2.24. The summed E-state index contributed by atoms with van der Waals surface area (Å²) in [7, 11) is 1.06. The lowest BCUT2D eigenvalue weighted by Crippen LogP contribution is -2.48. The highest BCUT2D eigenvalue weighted by atomic mass is 28.4. The number of hydrogen-bond acceptors (Lipinski definition) is 5. The fraction of sp³-hybridized carbons (Fsp3) is 0.818. The molecule has 0 fully saturated rings. The second kappa shape index (κ2) is 11.3. The van der Waals surface area contributed by atoms with Gasteiger partial charge in [0.25, 0.3) is 5.91 Å². The van der Waals surface area contributed by atoms with Crippen LogP contribution >= 0.6 is 0 Å². The normalized spacial score (nSPS) is 14.3. The Balaban J connectivity index is 5.61. The molecule has 0 rings (SSSR count). The molecule has 0 aliphatic rings. The quantitative estimate of drug-likeness (QED) is 0.285. The number of carbonyl (C=O) groups is 2. The molecule has 0 spiro atoms. The zero-order valence-electron chi connectivity index (χ0n) is 21.2. The molecule has 0 bridgehead atoms. The van der Waals surface area contributed by atoms with Gasteiger partial charge in [-0.3, -0.25) is 14.5 Å². The standard InChI is InChI=1S/C22H44N2O5Si/c1-13-18(14-15-28-30(11,12)22(6,7)8)17(2)24(16-19(25)23(9)27-10)20(26)29-21(3,4)5/h14,17H,13,15-16H2,1-12H3. The van der Waals surface area contributed by atoms with Crippen LogP contribution in [0.3, 0.4) is 0 Å². The van der Waals surface area contributed by atoms with Crippen molar-refractivity contribution in [1.29, 1.82) is 0 Å². The van der Waals surface area contributed by atoms with E-state index in [2.05, 4.69) is 33.9 Å². The number of amides is 2. The van der Waals surface area contributed by atoms with E-state index in [0.717, 1.165) is 17.1 Å². The Bertz CT molecular complexity index is 606. The van der Waals surface area contributed by atoms with Gasteiger partial charge in [0.1, 0.15) is 12.1 Å². The van der Waals surface area contributed by atoms with Crippen LogP contribution in [0.1, 0.15) is 61.8 Å². The van der Waals surface area contributed by atoms with E-state index in [1.165, 1.54) is 19.1 Å². The van der Waals surface area contributed by atoms with Crippen molar-refractivity contribution in [3.05, 3.63) is 11.6 Å². The van der Waals surface area contributed by atoms with E-state index in [1.807, 2.05) is 19.9 Å². The summed E-state index contributed by atoms with van der Waals surface area (Å²) < 4.78 is 11.8. The van der Waals surface area contributed by atoms with Crippen LogP contribution in [0.15, 0.2) is 11.6 Å². The number of rotatable bonds is 9. The lowest BCUT2D eigenvalue weighted by molar-refractivity contribution is -0.169. The molecule has 1 atom stereocenters. The van der Waals surface area contributed by atoms with Crippen molar-refractivity contribution in [2.24, 2.45) is 0 Å². The van der Waals surface area contributed by atoms with Crippen LogP contribution < -0.4 is 0 Å². The molecule has 8 heteroatoms. The average molecular weight is 445 g/mol. The topological polar surface area (TPSA) is 68.3 Å². The lowest BCUT2D eigenvalue weighted by Gasteiger charge is -2.36. The fourth-order valence-corrected chi connectivity index (χ4v) is 3.34. The second-order valence-electron chi connectivity index (χ2n) is 10.1. The van der Waals surface area contributed by atoms with Crippen molar-refractivity contribution in [2.75, 3.05) is 27.3 Å². The van der Waals surface area contributed by atoms with E-state index in [1.54, 1.807) is 20.8 Å². The fourth-order valence-electron chi connectivity index (χ4n) is 2.41. The molecule has 0 aromatic rings. The van der Waals surface area contributed by atoms with Crippen molar-refractivity contribution >= 4 is 20.3 Å². The van der Waals surface area contributed by atoms with Gasteiger partial charge in [-0.1, -0.05) is 33.8 Å². The molecular formula is C22H44N2O5Si. The van der Waals surface area contributed by atoms with Crippen LogP contribution in [0.25, 0.3) is 0 Å². The van der Waals surface area contributed by atoms with E-state index >= 15 is 0 Å². The first-order valence-electron chi connectivity index (χ1n) is 10.6. The summed E-state index contributed by atoms with van der Waals surface area (Å²) in [5.41, 5.74) is 0.361. The highest BCUT2D eigenvalue weighted by Gasteiger charge is 2.37. The molecule has 176 valence electrons. The van der Waals surface area contributed by atoms with Crippen molar-refractivity contribution in [1.82, 2.24) is 9.96 Å². The molecule has 0 saturated heterocycles. The van der Waals surface area contributed by atoms with Crippen molar-refractivity contribution in [3.63, 3.8) is 0 Å². The van der Waals surface area contributed by atoms with E-state index in [0.29, 0.717) is 6.61 Å². The van der Waals surface area contributed by atoms with Gasteiger partial charge in [0.15, 0.2) is 8.32 Å². The molecule has 0 aromatic heterocycles. The maximum atomic E-state index is 12.9. The lowest BCUT2D eigenvalue weighted by atomic mass is 10.0. The third-order valence-electron chi connectivity index (χ3n) is 5.57. The summed E-state index contributed by atoms with van der Waals surface area (Å²) in [5.74, 6) is -0.330. The summed E-state index contributed by atoms with van der Waals surface area (Å²) in [6, 6.07) is -0.318. The first-order valence-corrected chi connectivity index (χ1v) is 13.5. The number of ether oxygens (including phenoxy) is 1. The summed E-state index contributed by atoms with van der Waals surface area (Å²) in [4.78, 5) is 31.7. The van der Waals surface area contributed by atoms with Gasteiger partial charge in [0.05, 0.1) is 19.8 Å². The molecule has 2 amide bonds. The largest absolute Gasteiger partial charge is 0.444 e. The average Bonchev–Trinajstić information content (AvgIpc) is 2.59. The Hall–Kier alpha value is -1.38. The van der Waals surface area contributed by atoms with E-state index in [-0.39, 0.29) is 23.5 Å². The van der Waals surface area contributed by atoms with Crippen molar-refractivity contribution < 1.29 is 23.6 Å².